The molecule has 0 radical (unpaired) electrons. The highest BCUT2D eigenvalue weighted by molar-refractivity contribution is 7.92. The molecular formula is C14H20ClNO4S2. The van der Waals surface area contributed by atoms with Crippen LogP contribution in [0.4, 0.5) is 0 Å². The quantitative estimate of drug-likeness (QED) is 0.772. The zero-order valence-electron chi connectivity index (χ0n) is 12.6. The van der Waals surface area contributed by atoms with Crippen LogP contribution in [0, 0.1) is 5.92 Å². The van der Waals surface area contributed by atoms with Crippen LogP contribution in [0.2, 0.25) is 5.02 Å². The van der Waals surface area contributed by atoms with Crippen molar-refractivity contribution in [3.63, 3.8) is 0 Å². The van der Waals surface area contributed by atoms with Crippen molar-refractivity contribution in [2.24, 2.45) is 5.92 Å². The second-order valence-electron chi connectivity index (χ2n) is 6.05. The molecule has 22 heavy (non-hydrogen) atoms. The van der Waals surface area contributed by atoms with E-state index in [-0.39, 0.29) is 30.5 Å². The van der Waals surface area contributed by atoms with Crippen LogP contribution in [0.15, 0.2) is 24.3 Å². The van der Waals surface area contributed by atoms with Crippen LogP contribution in [0.1, 0.15) is 19.4 Å². The Labute approximate surface area is 137 Å². The lowest BCUT2D eigenvalue weighted by atomic mass is 10.2. The van der Waals surface area contributed by atoms with Gasteiger partial charge >= 0.3 is 0 Å². The Morgan fingerprint density at radius 2 is 1.68 bits per heavy atom. The first-order chi connectivity index (χ1) is 10.1. The maximum atomic E-state index is 12.3. The molecule has 0 saturated carbocycles. The van der Waals surface area contributed by atoms with Crippen LogP contribution in [0.3, 0.4) is 0 Å². The first-order valence-electron chi connectivity index (χ1n) is 7.04. The molecule has 5 nitrogen and oxygen atoms in total. The van der Waals surface area contributed by atoms with Crippen molar-refractivity contribution < 1.29 is 16.8 Å². The normalized spacial score (nSPS) is 17.6. The number of sulfonamides is 1. The van der Waals surface area contributed by atoms with Crippen LogP contribution in [0.25, 0.3) is 0 Å². The van der Waals surface area contributed by atoms with Crippen molar-refractivity contribution in [3.8, 4) is 0 Å². The van der Waals surface area contributed by atoms with Gasteiger partial charge in [-0.15, -0.1) is 0 Å². The summed E-state index contributed by atoms with van der Waals surface area (Å²) in [5.41, 5.74) is 0.637. The maximum Gasteiger partial charge on any atom is 0.218 e. The fourth-order valence-corrected chi connectivity index (χ4v) is 6.28. The number of hydrogen-bond acceptors (Lipinski definition) is 4. The van der Waals surface area contributed by atoms with Crippen molar-refractivity contribution in [3.05, 3.63) is 34.9 Å². The second kappa shape index (κ2) is 6.47. The Hall–Kier alpha value is -0.630. The molecule has 1 aromatic carbocycles. The molecule has 0 unspecified atom stereocenters. The van der Waals surface area contributed by atoms with E-state index in [4.69, 9.17) is 11.6 Å². The largest absolute Gasteiger partial charge is 0.228 e. The minimum atomic E-state index is -3.49. The molecule has 0 amide bonds. The Bertz CT molecular complexity index is 721. The number of benzene rings is 1. The number of rotatable bonds is 6. The Morgan fingerprint density at radius 3 is 2.18 bits per heavy atom. The molecule has 124 valence electrons. The van der Waals surface area contributed by atoms with E-state index in [0.717, 1.165) is 0 Å². The zero-order valence-corrected chi connectivity index (χ0v) is 15.0. The van der Waals surface area contributed by atoms with E-state index >= 15 is 0 Å². The number of halogens is 1. The molecule has 1 heterocycles. The van der Waals surface area contributed by atoms with Gasteiger partial charge in [0.05, 0.1) is 16.8 Å². The van der Waals surface area contributed by atoms with Crippen molar-refractivity contribution in [2.45, 2.75) is 24.9 Å². The van der Waals surface area contributed by atoms with Crippen LogP contribution >= 0.6 is 11.6 Å². The first kappa shape index (κ1) is 17.7. The first-order valence-corrected chi connectivity index (χ1v) is 10.7. The van der Waals surface area contributed by atoms with Crippen LogP contribution < -0.4 is 0 Å². The summed E-state index contributed by atoms with van der Waals surface area (Å²) in [5, 5.41) is -0.0279. The molecule has 1 aliphatic heterocycles. The molecule has 0 aromatic heterocycles. The fraction of sp³-hybridized carbons (Fsp3) is 0.571. The van der Waals surface area contributed by atoms with E-state index in [0.29, 0.717) is 10.6 Å². The molecule has 0 bridgehead atoms. The van der Waals surface area contributed by atoms with Gasteiger partial charge in [-0.2, -0.15) is 4.31 Å². The summed E-state index contributed by atoms with van der Waals surface area (Å²) in [4.78, 5) is 0. The molecule has 0 atom stereocenters. The van der Waals surface area contributed by atoms with E-state index in [9.17, 15) is 16.8 Å². The standard InChI is InChI=1S/C14H20ClNO4S2/c1-11(2)9-21(17,18)14-7-16(8-14)22(19,20)10-12-3-5-13(15)6-4-12/h3-6,11,14H,7-10H2,1-2H3. The fourth-order valence-electron chi connectivity index (χ4n) is 2.34. The van der Waals surface area contributed by atoms with E-state index < -0.39 is 25.1 Å². The molecule has 1 aromatic rings. The van der Waals surface area contributed by atoms with Gasteiger partial charge in [0.25, 0.3) is 0 Å². The predicted molar refractivity (Wildman–Crippen MR) is 88.1 cm³/mol. The summed E-state index contributed by atoms with van der Waals surface area (Å²) in [6.07, 6.45) is 0. The minimum Gasteiger partial charge on any atom is -0.228 e. The smallest absolute Gasteiger partial charge is 0.218 e. The van der Waals surface area contributed by atoms with Gasteiger partial charge in [0.2, 0.25) is 10.0 Å². The molecule has 8 heteroatoms. The second-order valence-corrected chi connectivity index (χ2v) is 10.8. The Kier molecular flexibility index (Phi) is 5.21. The third-order valence-corrected chi connectivity index (χ3v) is 8.02. The highest BCUT2D eigenvalue weighted by Crippen LogP contribution is 2.24. The van der Waals surface area contributed by atoms with E-state index in [1.165, 1.54) is 4.31 Å². The van der Waals surface area contributed by atoms with Gasteiger partial charge in [-0.05, 0) is 23.6 Å². The van der Waals surface area contributed by atoms with E-state index in [1.807, 2.05) is 13.8 Å². The maximum absolute atomic E-state index is 12.3. The number of nitrogens with zero attached hydrogens (tertiary/aromatic N) is 1. The summed E-state index contributed by atoms with van der Waals surface area (Å²) in [6, 6.07) is 6.59. The monoisotopic (exact) mass is 365 g/mol. The van der Waals surface area contributed by atoms with Crippen molar-refractivity contribution in [1.29, 1.82) is 0 Å². The summed E-state index contributed by atoms with van der Waals surface area (Å²) in [6.45, 7) is 3.80. The minimum absolute atomic E-state index is 0.0460. The zero-order chi connectivity index (χ0) is 16.5. The van der Waals surface area contributed by atoms with Gasteiger partial charge in [-0.3, -0.25) is 0 Å². The molecule has 1 aliphatic rings. The summed E-state index contributed by atoms with van der Waals surface area (Å²) in [7, 11) is -6.70. The average molecular weight is 366 g/mol. The molecule has 1 fully saturated rings. The van der Waals surface area contributed by atoms with E-state index in [1.54, 1.807) is 24.3 Å². The van der Waals surface area contributed by atoms with Gasteiger partial charge in [0.1, 0.15) is 0 Å². The van der Waals surface area contributed by atoms with Crippen molar-refractivity contribution in [2.75, 3.05) is 18.8 Å². The molecule has 2 rings (SSSR count). The summed E-state index contributed by atoms with van der Waals surface area (Å²) in [5.74, 6) is 0.00820. The van der Waals surface area contributed by atoms with E-state index in [2.05, 4.69) is 0 Å². The highest BCUT2D eigenvalue weighted by atomic mass is 35.5. The molecule has 0 N–H and O–H groups in total. The Balaban J connectivity index is 1.98. The van der Waals surface area contributed by atoms with Gasteiger partial charge < -0.3 is 0 Å². The topological polar surface area (TPSA) is 71.5 Å². The molecule has 0 spiro atoms. The lowest BCUT2D eigenvalue weighted by Crippen LogP contribution is -2.57. The molecule has 0 aliphatic carbocycles. The van der Waals surface area contributed by atoms with Crippen LogP contribution in [-0.2, 0) is 25.6 Å². The van der Waals surface area contributed by atoms with Crippen LogP contribution in [-0.4, -0.2) is 45.2 Å². The van der Waals surface area contributed by atoms with Gasteiger partial charge in [-0.1, -0.05) is 37.6 Å². The summed E-state index contributed by atoms with van der Waals surface area (Å²) >= 11 is 5.77. The number of sulfone groups is 1. The highest BCUT2D eigenvalue weighted by Gasteiger charge is 2.42. The lowest BCUT2D eigenvalue weighted by Gasteiger charge is -2.37. The van der Waals surface area contributed by atoms with Gasteiger partial charge in [-0.25, -0.2) is 16.8 Å². The third-order valence-electron chi connectivity index (χ3n) is 3.54. The predicted octanol–water partition coefficient (Wildman–Crippen LogP) is 1.92. The van der Waals surface area contributed by atoms with Gasteiger partial charge in [0, 0.05) is 18.1 Å². The van der Waals surface area contributed by atoms with Gasteiger partial charge in [0.15, 0.2) is 9.84 Å². The summed E-state index contributed by atoms with van der Waals surface area (Å²) < 4.78 is 49.9. The van der Waals surface area contributed by atoms with Crippen molar-refractivity contribution >= 4 is 31.5 Å². The average Bonchev–Trinajstić information content (AvgIpc) is 2.26. The Morgan fingerprint density at radius 1 is 1.14 bits per heavy atom. The number of hydrogen-bond donors (Lipinski definition) is 0. The van der Waals surface area contributed by atoms with Crippen LogP contribution in [0.5, 0.6) is 0 Å². The molecule has 1 saturated heterocycles. The molecular weight excluding hydrogens is 346 g/mol. The lowest BCUT2D eigenvalue weighted by molar-refractivity contribution is 0.308. The third kappa shape index (κ3) is 4.22. The SMILES string of the molecule is CC(C)CS(=O)(=O)C1CN(S(=O)(=O)Cc2ccc(Cl)cc2)C1. The van der Waals surface area contributed by atoms with Crippen molar-refractivity contribution in [1.82, 2.24) is 4.31 Å².